The van der Waals surface area contributed by atoms with Gasteiger partial charge < -0.3 is 16.0 Å². The molecule has 1 saturated carbocycles. The smallest absolute Gasteiger partial charge is 0.228 e. The van der Waals surface area contributed by atoms with Crippen molar-refractivity contribution in [2.45, 2.75) is 51.1 Å². The average Bonchev–Trinajstić information content (AvgIpc) is 2.79. The first-order valence-corrected chi connectivity index (χ1v) is 6.94. The number of nitrogens with one attached hydrogen (secondary N) is 1. The predicted octanol–water partition coefficient (Wildman–Crippen LogP) is 0.241. The summed E-state index contributed by atoms with van der Waals surface area (Å²) in [5.74, 6) is -0.0283. The van der Waals surface area contributed by atoms with Gasteiger partial charge in [0.05, 0.1) is 5.92 Å². The molecule has 0 aromatic rings. The third-order valence-corrected chi connectivity index (χ3v) is 4.13. The second-order valence-corrected chi connectivity index (χ2v) is 5.40. The highest BCUT2D eigenvalue weighted by Crippen LogP contribution is 2.24. The molecule has 5 nitrogen and oxygen atoms in total. The number of amides is 2. The molecular weight excluding hydrogens is 230 g/mol. The topological polar surface area (TPSA) is 75.4 Å². The first-order valence-electron chi connectivity index (χ1n) is 6.94. The van der Waals surface area contributed by atoms with Gasteiger partial charge in [0, 0.05) is 31.6 Å². The average molecular weight is 253 g/mol. The van der Waals surface area contributed by atoms with E-state index in [-0.39, 0.29) is 17.7 Å². The maximum atomic E-state index is 12.4. The van der Waals surface area contributed by atoms with Crippen molar-refractivity contribution in [3.8, 4) is 0 Å². The molecule has 1 unspecified atom stereocenters. The molecule has 2 rings (SSSR count). The summed E-state index contributed by atoms with van der Waals surface area (Å²) in [6.45, 7) is 3.24. The lowest BCUT2D eigenvalue weighted by Gasteiger charge is -2.36. The number of carbonyl (C=O) groups is 2. The molecule has 1 atom stereocenters. The van der Waals surface area contributed by atoms with Gasteiger partial charge in [-0.25, -0.2) is 0 Å². The predicted molar refractivity (Wildman–Crippen MR) is 68.7 cm³/mol. The largest absolute Gasteiger partial charge is 0.355 e. The maximum Gasteiger partial charge on any atom is 0.228 e. The monoisotopic (exact) mass is 253 g/mol. The number of nitrogens with two attached hydrogens (primary N) is 1. The van der Waals surface area contributed by atoms with E-state index >= 15 is 0 Å². The Bertz CT molecular complexity index is 324. The van der Waals surface area contributed by atoms with Crippen molar-refractivity contribution < 1.29 is 9.59 Å². The Morgan fingerprint density at radius 1 is 1.39 bits per heavy atom. The van der Waals surface area contributed by atoms with E-state index in [0.717, 1.165) is 32.2 Å². The summed E-state index contributed by atoms with van der Waals surface area (Å²) in [6.07, 6.45) is 4.33. The van der Waals surface area contributed by atoms with E-state index in [9.17, 15) is 9.59 Å². The van der Waals surface area contributed by atoms with Crippen LogP contribution in [-0.4, -0.2) is 41.9 Å². The minimum Gasteiger partial charge on any atom is -0.355 e. The number of hydrogen-bond acceptors (Lipinski definition) is 3. The van der Waals surface area contributed by atoms with Crippen LogP contribution in [0.3, 0.4) is 0 Å². The summed E-state index contributed by atoms with van der Waals surface area (Å²) in [5, 5.41) is 2.73. The Morgan fingerprint density at radius 2 is 2.06 bits per heavy atom. The van der Waals surface area contributed by atoms with Crippen LogP contribution in [0.5, 0.6) is 0 Å². The van der Waals surface area contributed by atoms with Crippen molar-refractivity contribution in [1.82, 2.24) is 10.2 Å². The standard InChI is InChI=1S/C13H23N3O2/c1-2-16(11-5-3-10(14)4-6-11)13(18)9-7-12(17)15-8-9/h9-11H,2-8,14H2,1H3,(H,15,17). The number of nitrogens with zero attached hydrogens (tertiary/aromatic N) is 1. The summed E-state index contributed by atoms with van der Waals surface area (Å²) in [6, 6.07) is 0.614. The summed E-state index contributed by atoms with van der Waals surface area (Å²) >= 11 is 0. The molecule has 18 heavy (non-hydrogen) atoms. The fraction of sp³-hybridized carbons (Fsp3) is 0.846. The fourth-order valence-corrected chi connectivity index (χ4v) is 3.02. The maximum absolute atomic E-state index is 12.4. The van der Waals surface area contributed by atoms with Crippen LogP contribution in [0.2, 0.25) is 0 Å². The second kappa shape index (κ2) is 5.69. The molecule has 0 aromatic heterocycles. The van der Waals surface area contributed by atoms with Crippen LogP contribution < -0.4 is 11.1 Å². The van der Waals surface area contributed by atoms with E-state index in [0.29, 0.717) is 25.0 Å². The first kappa shape index (κ1) is 13.3. The zero-order valence-corrected chi connectivity index (χ0v) is 11.0. The van der Waals surface area contributed by atoms with E-state index in [1.165, 1.54) is 0 Å². The lowest BCUT2D eigenvalue weighted by Crippen LogP contribution is -2.46. The summed E-state index contributed by atoms with van der Waals surface area (Å²) in [5.41, 5.74) is 5.90. The molecule has 1 aliphatic heterocycles. The van der Waals surface area contributed by atoms with Gasteiger partial charge in [-0.15, -0.1) is 0 Å². The third kappa shape index (κ3) is 2.83. The molecule has 0 radical (unpaired) electrons. The second-order valence-electron chi connectivity index (χ2n) is 5.40. The first-order chi connectivity index (χ1) is 8.61. The highest BCUT2D eigenvalue weighted by Gasteiger charge is 2.34. The Labute approximate surface area is 108 Å². The van der Waals surface area contributed by atoms with Crippen molar-refractivity contribution in [2.75, 3.05) is 13.1 Å². The number of carbonyl (C=O) groups excluding carboxylic acids is 2. The van der Waals surface area contributed by atoms with Gasteiger partial charge in [0.15, 0.2) is 0 Å². The minimum absolute atomic E-state index is 0.00457. The molecule has 2 fully saturated rings. The fourth-order valence-electron chi connectivity index (χ4n) is 3.02. The van der Waals surface area contributed by atoms with Crippen molar-refractivity contribution in [3.63, 3.8) is 0 Å². The summed E-state index contributed by atoms with van der Waals surface area (Å²) in [7, 11) is 0. The van der Waals surface area contributed by atoms with Crippen LogP contribution >= 0.6 is 0 Å². The van der Waals surface area contributed by atoms with Gasteiger partial charge in [0.1, 0.15) is 0 Å². The SMILES string of the molecule is CCN(C(=O)C1CNC(=O)C1)C1CCC(N)CC1. The molecule has 1 saturated heterocycles. The van der Waals surface area contributed by atoms with Crippen molar-refractivity contribution >= 4 is 11.8 Å². The Balaban J connectivity index is 1.95. The van der Waals surface area contributed by atoms with Gasteiger partial charge in [0.25, 0.3) is 0 Å². The zero-order valence-electron chi connectivity index (χ0n) is 11.0. The molecule has 5 heteroatoms. The van der Waals surface area contributed by atoms with E-state index in [1.807, 2.05) is 11.8 Å². The van der Waals surface area contributed by atoms with Gasteiger partial charge in [-0.3, -0.25) is 9.59 Å². The highest BCUT2D eigenvalue weighted by molar-refractivity contribution is 5.89. The molecule has 3 N–H and O–H groups in total. The molecule has 2 aliphatic rings. The number of hydrogen-bond donors (Lipinski definition) is 2. The lowest BCUT2D eigenvalue weighted by molar-refractivity contribution is -0.138. The highest BCUT2D eigenvalue weighted by atomic mass is 16.2. The van der Waals surface area contributed by atoms with Crippen LogP contribution in [-0.2, 0) is 9.59 Å². The van der Waals surface area contributed by atoms with Crippen molar-refractivity contribution in [1.29, 1.82) is 0 Å². The van der Waals surface area contributed by atoms with Crippen molar-refractivity contribution in [3.05, 3.63) is 0 Å². The summed E-state index contributed by atoms with van der Waals surface area (Å²) in [4.78, 5) is 25.6. The van der Waals surface area contributed by atoms with Gasteiger partial charge in [-0.2, -0.15) is 0 Å². The number of rotatable bonds is 3. The van der Waals surface area contributed by atoms with Crippen LogP contribution in [0, 0.1) is 5.92 Å². The Kier molecular flexibility index (Phi) is 4.22. The zero-order chi connectivity index (χ0) is 13.1. The molecule has 0 spiro atoms. The molecule has 1 aliphatic carbocycles. The van der Waals surface area contributed by atoms with Gasteiger partial charge in [-0.05, 0) is 32.6 Å². The summed E-state index contributed by atoms with van der Waals surface area (Å²) < 4.78 is 0. The molecule has 0 aromatic carbocycles. The van der Waals surface area contributed by atoms with E-state index in [2.05, 4.69) is 5.32 Å². The third-order valence-electron chi connectivity index (χ3n) is 4.13. The quantitative estimate of drug-likeness (QED) is 0.756. The van der Waals surface area contributed by atoms with Crippen LogP contribution in [0.15, 0.2) is 0 Å². The lowest BCUT2D eigenvalue weighted by atomic mass is 9.90. The molecule has 1 heterocycles. The minimum atomic E-state index is -0.159. The Morgan fingerprint density at radius 3 is 2.56 bits per heavy atom. The van der Waals surface area contributed by atoms with Crippen LogP contribution in [0.25, 0.3) is 0 Å². The van der Waals surface area contributed by atoms with Gasteiger partial charge >= 0.3 is 0 Å². The van der Waals surface area contributed by atoms with Crippen LogP contribution in [0.4, 0.5) is 0 Å². The molecular formula is C13H23N3O2. The van der Waals surface area contributed by atoms with Crippen LogP contribution in [0.1, 0.15) is 39.0 Å². The van der Waals surface area contributed by atoms with E-state index in [4.69, 9.17) is 5.73 Å². The Hall–Kier alpha value is -1.10. The van der Waals surface area contributed by atoms with Gasteiger partial charge in [0.2, 0.25) is 11.8 Å². The van der Waals surface area contributed by atoms with Gasteiger partial charge in [-0.1, -0.05) is 0 Å². The normalized spacial score (nSPS) is 32.1. The van der Waals surface area contributed by atoms with E-state index in [1.54, 1.807) is 0 Å². The molecule has 2 amide bonds. The van der Waals surface area contributed by atoms with Crippen molar-refractivity contribution in [2.24, 2.45) is 11.7 Å². The molecule has 0 bridgehead atoms. The molecule has 102 valence electrons. The van der Waals surface area contributed by atoms with E-state index < -0.39 is 0 Å².